The molecule has 112 valence electrons. The van der Waals surface area contributed by atoms with Crippen LogP contribution in [0.1, 0.15) is 32.6 Å². The summed E-state index contributed by atoms with van der Waals surface area (Å²) in [5.41, 5.74) is 1.49. The third kappa shape index (κ3) is 4.29. The second-order valence-corrected chi connectivity index (χ2v) is 5.12. The average Bonchev–Trinajstić information content (AvgIpc) is 2.81. The van der Waals surface area contributed by atoms with Gasteiger partial charge in [0.05, 0.1) is 18.7 Å². The van der Waals surface area contributed by atoms with E-state index in [1.807, 2.05) is 0 Å². The van der Waals surface area contributed by atoms with Gasteiger partial charge in [0.25, 0.3) is 5.91 Å². The standard InChI is InChI=1S/C15H17ClN2O3/c1-2-21-15(20)5-3-4-12-10-14(19)18(17-12)13-8-6-11(16)7-9-13/h6-9H,2-5,10H2,1H3. The molecule has 0 spiro atoms. The highest BCUT2D eigenvalue weighted by molar-refractivity contribution is 6.30. The molecule has 5 nitrogen and oxygen atoms in total. The molecule has 0 N–H and O–H groups in total. The first kappa shape index (κ1) is 15.5. The fraction of sp³-hybridized carbons (Fsp3) is 0.400. The van der Waals surface area contributed by atoms with Gasteiger partial charge in [-0.05, 0) is 44.0 Å². The minimum absolute atomic E-state index is 0.0662. The van der Waals surface area contributed by atoms with Crippen LogP contribution in [0.4, 0.5) is 5.69 Å². The first-order chi connectivity index (χ1) is 10.1. The maximum Gasteiger partial charge on any atom is 0.305 e. The van der Waals surface area contributed by atoms with Crippen LogP contribution in [-0.2, 0) is 14.3 Å². The zero-order valence-corrected chi connectivity index (χ0v) is 12.6. The molecule has 1 amide bonds. The van der Waals surface area contributed by atoms with Crippen LogP contribution in [0.5, 0.6) is 0 Å². The van der Waals surface area contributed by atoms with E-state index in [-0.39, 0.29) is 11.9 Å². The van der Waals surface area contributed by atoms with Crippen molar-refractivity contribution in [2.24, 2.45) is 5.10 Å². The van der Waals surface area contributed by atoms with E-state index >= 15 is 0 Å². The van der Waals surface area contributed by atoms with Crippen molar-refractivity contribution in [1.29, 1.82) is 0 Å². The number of benzene rings is 1. The molecule has 0 saturated heterocycles. The first-order valence-electron chi connectivity index (χ1n) is 6.90. The van der Waals surface area contributed by atoms with Gasteiger partial charge in [-0.3, -0.25) is 9.59 Å². The summed E-state index contributed by atoms with van der Waals surface area (Å²) in [6, 6.07) is 6.95. The molecule has 0 radical (unpaired) electrons. The summed E-state index contributed by atoms with van der Waals surface area (Å²) < 4.78 is 4.86. The van der Waals surface area contributed by atoms with Gasteiger partial charge < -0.3 is 4.74 Å². The van der Waals surface area contributed by atoms with Crippen LogP contribution in [0, 0.1) is 0 Å². The molecule has 1 aromatic carbocycles. The summed E-state index contributed by atoms with van der Waals surface area (Å²) in [5.74, 6) is -0.277. The molecular weight excluding hydrogens is 292 g/mol. The number of amides is 1. The van der Waals surface area contributed by atoms with Crippen molar-refractivity contribution in [2.75, 3.05) is 11.6 Å². The Morgan fingerprint density at radius 1 is 1.38 bits per heavy atom. The number of hydrazone groups is 1. The summed E-state index contributed by atoms with van der Waals surface area (Å²) in [5, 5.41) is 6.32. The number of carbonyl (C=O) groups excluding carboxylic acids is 2. The number of hydrogen-bond donors (Lipinski definition) is 0. The Labute approximate surface area is 128 Å². The third-order valence-corrected chi connectivity index (χ3v) is 3.31. The lowest BCUT2D eigenvalue weighted by Crippen LogP contribution is -2.19. The Morgan fingerprint density at radius 2 is 2.10 bits per heavy atom. The average molecular weight is 309 g/mol. The van der Waals surface area contributed by atoms with Gasteiger partial charge in [-0.2, -0.15) is 5.10 Å². The molecule has 0 atom stereocenters. The Morgan fingerprint density at radius 3 is 2.76 bits per heavy atom. The van der Waals surface area contributed by atoms with Gasteiger partial charge in [0.15, 0.2) is 0 Å². The molecule has 1 aliphatic heterocycles. The largest absolute Gasteiger partial charge is 0.466 e. The zero-order chi connectivity index (χ0) is 15.2. The van der Waals surface area contributed by atoms with Gasteiger partial charge in [-0.25, -0.2) is 5.01 Å². The van der Waals surface area contributed by atoms with E-state index in [1.165, 1.54) is 5.01 Å². The van der Waals surface area contributed by atoms with Gasteiger partial charge in [0.2, 0.25) is 0 Å². The lowest BCUT2D eigenvalue weighted by molar-refractivity contribution is -0.143. The number of anilines is 1. The lowest BCUT2D eigenvalue weighted by Gasteiger charge is -2.11. The summed E-state index contributed by atoms with van der Waals surface area (Å²) in [4.78, 5) is 23.2. The molecule has 1 aromatic rings. The molecule has 2 rings (SSSR count). The summed E-state index contributed by atoms with van der Waals surface area (Å²) in [7, 11) is 0. The second kappa shape index (κ2) is 7.22. The van der Waals surface area contributed by atoms with Gasteiger partial charge in [0, 0.05) is 17.2 Å². The highest BCUT2D eigenvalue weighted by Gasteiger charge is 2.24. The van der Waals surface area contributed by atoms with E-state index in [2.05, 4.69) is 5.10 Å². The van der Waals surface area contributed by atoms with Crippen LogP contribution in [0.25, 0.3) is 0 Å². The molecule has 6 heteroatoms. The zero-order valence-electron chi connectivity index (χ0n) is 11.8. The Kier molecular flexibility index (Phi) is 5.33. The number of nitrogens with zero attached hydrogens (tertiary/aromatic N) is 2. The minimum Gasteiger partial charge on any atom is -0.466 e. The van der Waals surface area contributed by atoms with Crippen molar-refractivity contribution in [3.63, 3.8) is 0 Å². The van der Waals surface area contributed by atoms with E-state index < -0.39 is 0 Å². The topological polar surface area (TPSA) is 59.0 Å². The fourth-order valence-electron chi connectivity index (χ4n) is 2.07. The van der Waals surface area contributed by atoms with E-state index in [1.54, 1.807) is 31.2 Å². The quantitative estimate of drug-likeness (QED) is 0.758. The van der Waals surface area contributed by atoms with Crippen molar-refractivity contribution < 1.29 is 14.3 Å². The van der Waals surface area contributed by atoms with E-state index in [4.69, 9.17) is 16.3 Å². The molecule has 1 heterocycles. The molecule has 0 bridgehead atoms. The van der Waals surface area contributed by atoms with Gasteiger partial charge >= 0.3 is 5.97 Å². The van der Waals surface area contributed by atoms with Crippen molar-refractivity contribution in [3.8, 4) is 0 Å². The molecular formula is C15H17ClN2O3. The van der Waals surface area contributed by atoms with E-state index in [0.29, 0.717) is 43.0 Å². The smallest absolute Gasteiger partial charge is 0.305 e. The Hall–Kier alpha value is -1.88. The van der Waals surface area contributed by atoms with Crippen molar-refractivity contribution >= 4 is 34.9 Å². The lowest BCUT2D eigenvalue weighted by atomic mass is 10.1. The van der Waals surface area contributed by atoms with Crippen LogP contribution in [0.15, 0.2) is 29.4 Å². The summed E-state index contributed by atoms with van der Waals surface area (Å²) in [6.45, 7) is 2.17. The number of esters is 1. The van der Waals surface area contributed by atoms with Crippen LogP contribution in [-0.4, -0.2) is 24.2 Å². The summed E-state index contributed by atoms with van der Waals surface area (Å²) >= 11 is 5.82. The number of hydrogen-bond acceptors (Lipinski definition) is 4. The molecule has 0 aliphatic carbocycles. The third-order valence-electron chi connectivity index (χ3n) is 3.06. The van der Waals surface area contributed by atoms with Crippen LogP contribution < -0.4 is 5.01 Å². The van der Waals surface area contributed by atoms with Crippen LogP contribution >= 0.6 is 11.6 Å². The Bertz CT molecular complexity index is 555. The molecule has 0 unspecified atom stereocenters. The number of ether oxygens (including phenoxy) is 1. The molecule has 0 saturated carbocycles. The maximum absolute atomic E-state index is 12.0. The van der Waals surface area contributed by atoms with Crippen LogP contribution in [0.3, 0.4) is 0 Å². The highest BCUT2D eigenvalue weighted by atomic mass is 35.5. The molecule has 1 aliphatic rings. The number of carbonyl (C=O) groups is 2. The van der Waals surface area contributed by atoms with E-state index in [9.17, 15) is 9.59 Å². The normalized spacial score (nSPS) is 14.3. The molecule has 0 aromatic heterocycles. The monoisotopic (exact) mass is 308 g/mol. The second-order valence-electron chi connectivity index (χ2n) is 4.68. The maximum atomic E-state index is 12.0. The van der Waals surface area contributed by atoms with Crippen molar-refractivity contribution in [1.82, 2.24) is 0 Å². The fourth-order valence-corrected chi connectivity index (χ4v) is 2.20. The van der Waals surface area contributed by atoms with Crippen molar-refractivity contribution in [2.45, 2.75) is 32.6 Å². The van der Waals surface area contributed by atoms with E-state index in [0.717, 1.165) is 5.71 Å². The summed E-state index contributed by atoms with van der Waals surface area (Å²) in [6.07, 6.45) is 1.90. The van der Waals surface area contributed by atoms with Gasteiger partial charge in [0.1, 0.15) is 0 Å². The van der Waals surface area contributed by atoms with Crippen molar-refractivity contribution in [3.05, 3.63) is 29.3 Å². The van der Waals surface area contributed by atoms with Gasteiger partial charge in [-0.1, -0.05) is 11.6 Å². The minimum atomic E-state index is -0.211. The number of halogens is 1. The predicted molar refractivity (Wildman–Crippen MR) is 81.5 cm³/mol. The van der Waals surface area contributed by atoms with Crippen LogP contribution in [0.2, 0.25) is 5.02 Å². The Balaban J connectivity index is 1.91. The SMILES string of the molecule is CCOC(=O)CCCC1=NN(c2ccc(Cl)cc2)C(=O)C1. The first-order valence-corrected chi connectivity index (χ1v) is 7.28. The molecule has 0 fully saturated rings. The van der Waals surface area contributed by atoms with Gasteiger partial charge in [-0.15, -0.1) is 0 Å². The molecule has 21 heavy (non-hydrogen) atoms. The predicted octanol–water partition coefficient (Wildman–Crippen LogP) is 3.17. The number of rotatable bonds is 6. The highest BCUT2D eigenvalue weighted by Crippen LogP contribution is 2.23.